The van der Waals surface area contributed by atoms with E-state index in [0.717, 1.165) is 55.9 Å². The third-order valence-electron chi connectivity index (χ3n) is 7.19. The molecule has 0 saturated carbocycles. The molecule has 2 aromatic rings. The first-order chi connectivity index (χ1) is 14.1. The second-order valence-electron chi connectivity index (χ2n) is 9.09. The van der Waals surface area contributed by atoms with Gasteiger partial charge in [-0.2, -0.15) is 0 Å². The highest BCUT2D eigenvalue weighted by Crippen LogP contribution is 2.46. The lowest BCUT2D eigenvalue weighted by Gasteiger charge is -2.45. The van der Waals surface area contributed by atoms with Crippen LogP contribution >= 0.6 is 11.6 Å². The van der Waals surface area contributed by atoms with Crippen molar-refractivity contribution in [2.45, 2.75) is 56.5 Å². The van der Waals surface area contributed by atoms with Crippen molar-refractivity contribution in [3.63, 3.8) is 0 Å². The molecule has 3 aliphatic rings. The van der Waals surface area contributed by atoms with Crippen LogP contribution in [-0.4, -0.2) is 54.7 Å². The van der Waals surface area contributed by atoms with Crippen LogP contribution in [0.15, 0.2) is 18.2 Å². The van der Waals surface area contributed by atoms with Crippen LogP contribution in [0.5, 0.6) is 0 Å². The summed E-state index contributed by atoms with van der Waals surface area (Å²) in [6.07, 6.45) is 6.39. The minimum absolute atomic E-state index is 0.0675. The fourth-order valence-corrected chi connectivity index (χ4v) is 6.02. The van der Waals surface area contributed by atoms with E-state index in [9.17, 15) is 4.79 Å². The molecular weight excluding hydrogens is 386 g/mol. The number of hydrogen-bond donors (Lipinski definition) is 2. The maximum Gasteiger partial charge on any atom is 0.323 e. The van der Waals surface area contributed by atoms with Crippen LogP contribution in [0.1, 0.15) is 49.1 Å². The average Bonchev–Trinajstić information content (AvgIpc) is 2.89. The van der Waals surface area contributed by atoms with Crippen molar-refractivity contribution in [3.05, 3.63) is 34.5 Å². The van der Waals surface area contributed by atoms with Gasteiger partial charge >= 0.3 is 5.97 Å². The molecule has 0 spiro atoms. The number of benzene rings is 1. The van der Waals surface area contributed by atoms with Gasteiger partial charge in [-0.15, -0.1) is 0 Å². The van der Waals surface area contributed by atoms with Crippen molar-refractivity contribution in [3.8, 4) is 0 Å². The largest absolute Gasteiger partial charge is 0.464 e. The molecule has 0 amide bonds. The Morgan fingerprint density at radius 2 is 2.21 bits per heavy atom. The van der Waals surface area contributed by atoms with Crippen molar-refractivity contribution in [1.29, 1.82) is 0 Å². The van der Waals surface area contributed by atoms with E-state index in [2.05, 4.69) is 40.4 Å². The summed E-state index contributed by atoms with van der Waals surface area (Å²) >= 11 is 6.51. The lowest BCUT2D eigenvalue weighted by Crippen LogP contribution is -2.49. The maximum absolute atomic E-state index is 12.6. The van der Waals surface area contributed by atoms with Crippen LogP contribution in [0.3, 0.4) is 0 Å². The van der Waals surface area contributed by atoms with Gasteiger partial charge in [-0.3, -0.25) is 4.79 Å². The average molecular weight is 416 g/mol. The van der Waals surface area contributed by atoms with Gasteiger partial charge < -0.3 is 19.9 Å². The number of hydrogen-bond acceptors (Lipinski definition) is 4. The number of piperidine rings is 1. The Labute approximate surface area is 177 Å². The molecule has 4 atom stereocenters. The highest BCUT2D eigenvalue weighted by atomic mass is 35.5. The van der Waals surface area contributed by atoms with Gasteiger partial charge in [0.05, 0.1) is 6.61 Å². The number of nitrogens with one attached hydrogen (secondary N) is 2. The highest BCUT2D eigenvalue weighted by molar-refractivity contribution is 6.32. The molecule has 5 rings (SSSR count). The molecule has 3 heterocycles. The van der Waals surface area contributed by atoms with E-state index in [4.69, 9.17) is 16.3 Å². The van der Waals surface area contributed by atoms with Crippen LogP contribution in [0.4, 0.5) is 0 Å². The smallest absolute Gasteiger partial charge is 0.323 e. The molecule has 1 aromatic heterocycles. The zero-order valence-corrected chi connectivity index (χ0v) is 17.8. The van der Waals surface area contributed by atoms with Gasteiger partial charge in [0.25, 0.3) is 0 Å². The summed E-state index contributed by atoms with van der Waals surface area (Å²) in [5.74, 6) is 0.751. The predicted octanol–water partition coefficient (Wildman–Crippen LogP) is 3.86. The topological polar surface area (TPSA) is 57.4 Å². The lowest BCUT2D eigenvalue weighted by molar-refractivity contribution is -0.148. The normalized spacial score (nSPS) is 30.0. The summed E-state index contributed by atoms with van der Waals surface area (Å²) < 4.78 is 5.80. The number of aromatic nitrogens is 1. The Morgan fingerprint density at radius 1 is 1.31 bits per heavy atom. The summed E-state index contributed by atoms with van der Waals surface area (Å²) in [4.78, 5) is 18.4. The minimum atomic E-state index is -0.125. The van der Waals surface area contributed by atoms with Gasteiger partial charge in [0, 0.05) is 35.3 Å². The van der Waals surface area contributed by atoms with E-state index in [1.54, 1.807) is 0 Å². The van der Waals surface area contributed by atoms with Crippen LogP contribution < -0.4 is 5.32 Å². The minimum Gasteiger partial charge on any atom is -0.464 e. The standard InChI is InChI=1S/C23H30ClN3O2/c1-27-12-14(13-29-23(28)19-7-3-2-4-9-25-19)10-16-15-6-5-8-18-21(15)17(11-20(16)27)22(24)26-18/h5-6,8,14,16,19-20,25-26H,2-4,7,9-13H2,1H3/t14-,16?,19?,20-/m1/s1. The first kappa shape index (κ1) is 19.4. The fourth-order valence-electron chi connectivity index (χ4n) is 5.75. The second-order valence-corrected chi connectivity index (χ2v) is 9.47. The molecule has 2 aliphatic heterocycles. The molecule has 1 aromatic carbocycles. The molecule has 5 nitrogen and oxygen atoms in total. The number of halogens is 1. The molecule has 0 bridgehead atoms. The fraction of sp³-hybridized carbons (Fsp3) is 0.609. The van der Waals surface area contributed by atoms with Gasteiger partial charge in [-0.1, -0.05) is 36.6 Å². The number of carbonyl (C=O) groups excluding carboxylic acids is 1. The maximum atomic E-state index is 12.6. The Bertz CT molecular complexity index is 903. The second kappa shape index (κ2) is 7.93. The number of aromatic amines is 1. The number of ether oxygens (including phenoxy) is 1. The molecule has 29 heavy (non-hydrogen) atoms. The number of likely N-dealkylation sites (N-methyl/N-ethyl adjacent to an activating group) is 1. The summed E-state index contributed by atoms with van der Waals surface area (Å²) in [5.41, 5.74) is 3.79. The molecule has 2 N–H and O–H groups in total. The molecule has 0 radical (unpaired) electrons. The van der Waals surface area contributed by atoms with E-state index in [-0.39, 0.29) is 12.0 Å². The Morgan fingerprint density at radius 3 is 3.10 bits per heavy atom. The van der Waals surface area contributed by atoms with E-state index in [1.165, 1.54) is 22.9 Å². The van der Waals surface area contributed by atoms with Crippen LogP contribution in [0.25, 0.3) is 10.9 Å². The van der Waals surface area contributed by atoms with Crippen molar-refractivity contribution < 1.29 is 9.53 Å². The molecule has 1 aliphatic carbocycles. The van der Waals surface area contributed by atoms with Gasteiger partial charge in [0.15, 0.2) is 0 Å². The Balaban J connectivity index is 1.31. The Kier molecular flexibility index (Phi) is 5.31. The number of rotatable bonds is 3. The molecule has 2 fully saturated rings. The van der Waals surface area contributed by atoms with Crippen LogP contribution in [0.2, 0.25) is 5.15 Å². The lowest BCUT2D eigenvalue weighted by atomic mass is 9.72. The Hall–Kier alpha value is -1.56. The molecule has 2 unspecified atom stereocenters. The summed E-state index contributed by atoms with van der Waals surface area (Å²) in [6.45, 7) is 2.39. The highest BCUT2D eigenvalue weighted by Gasteiger charge is 2.40. The third kappa shape index (κ3) is 3.58. The van der Waals surface area contributed by atoms with Gasteiger partial charge in [0.2, 0.25) is 0 Å². The molecular formula is C23H30ClN3O2. The van der Waals surface area contributed by atoms with E-state index < -0.39 is 0 Å². The summed E-state index contributed by atoms with van der Waals surface area (Å²) in [7, 11) is 2.20. The van der Waals surface area contributed by atoms with Crippen molar-refractivity contribution in [1.82, 2.24) is 15.2 Å². The molecule has 2 saturated heterocycles. The number of H-pyrrole nitrogens is 1. The summed E-state index contributed by atoms with van der Waals surface area (Å²) in [5, 5.41) is 5.44. The first-order valence-electron chi connectivity index (χ1n) is 11.0. The van der Waals surface area contributed by atoms with Crippen LogP contribution in [0, 0.1) is 5.92 Å². The van der Waals surface area contributed by atoms with E-state index in [1.807, 2.05) is 0 Å². The number of esters is 1. The quantitative estimate of drug-likeness (QED) is 0.747. The first-order valence-corrected chi connectivity index (χ1v) is 11.4. The third-order valence-corrected chi connectivity index (χ3v) is 7.51. The van der Waals surface area contributed by atoms with Crippen molar-refractivity contribution in [2.24, 2.45) is 5.92 Å². The van der Waals surface area contributed by atoms with E-state index in [0.29, 0.717) is 24.5 Å². The van der Waals surface area contributed by atoms with Crippen molar-refractivity contribution in [2.75, 3.05) is 26.7 Å². The number of carbonyl (C=O) groups is 1. The number of fused-ring (bicyclic) bond motifs is 2. The zero-order valence-electron chi connectivity index (χ0n) is 17.0. The molecule has 156 valence electrons. The van der Waals surface area contributed by atoms with E-state index >= 15 is 0 Å². The number of nitrogens with zero attached hydrogens (tertiary/aromatic N) is 1. The zero-order chi connectivity index (χ0) is 20.0. The van der Waals surface area contributed by atoms with Crippen LogP contribution in [-0.2, 0) is 16.0 Å². The van der Waals surface area contributed by atoms with Gasteiger partial charge in [-0.05, 0) is 56.5 Å². The number of likely N-dealkylation sites (tertiary alicyclic amines) is 1. The molecule has 6 heteroatoms. The van der Waals surface area contributed by atoms with Crippen molar-refractivity contribution >= 4 is 28.5 Å². The van der Waals surface area contributed by atoms with Gasteiger partial charge in [0.1, 0.15) is 11.2 Å². The SMILES string of the molecule is CN1C[C@H](COC(=O)C2CCCCCN2)CC2c3cccc4[nH]c(Cl)c(c34)C[C@H]21. The van der Waals surface area contributed by atoms with Gasteiger partial charge in [-0.25, -0.2) is 0 Å². The monoisotopic (exact) mass is 415 g/mol. The predicted molar refractivity (Wildman–Crippen MR) is 115 cm³/mol. The summed E-state index contributed by atoms with van der Waals surface area (Å²) in [6, 6.07) is 6.82.